The van der Waals surface area contributed by atoms with Crippen molar-refractivity contribution in [1.29, 1.82) is 0 Å². The summed E-state index contributed by atoms with van der Waals surface area (Å²) >= 11 is 0. The summed E-state index contributed by atoms with van der Waals surface area (Å²) in [6.07, 6.45) is 1.95. The summed E-state index contributed by atoms with van der Waals surface area (Å²) in [5.41, 5.74) is 0.816. The summed E-state index contributed by atoms with van der Waals surface area (Å²) in [7, 11) is -3.83. The van der Waals surface area contributed by atoms with Gasteiger partial charge in [0.15, 0.2) is 11.5 Å². The van der Waals surface area contributed by atoms with Crippen molar-refractivity contribution >= 4 is 27.5 Å². The lowest BCUT2D eigenvalue weighted by molar-refractivity contribution is -0.140. The lowest BCUT2D eigenvalue weighted by atomic mass is 10.1. The van der Waals surface area contributed by atoms with Gasteiger partial charge in [-0.2, -0.15) is 0 Å². The van der Waals surface area contributed by atoms with Crippen molar-refractivity contribution in [2.24, 2.45) is 0 Å². The molecule has 1 aliphatic heterocycles. The largest absolute Gasteiger partial charge is 0.486 e. The van der Waals surface area contributed by atoms with Crippen molar-refractivity contribution in [2.45, 2.75) is 52.1 Å². The number of carbonyl (C=O) groups is 2. The molecule has 2 aromatic carbocycles. The SMILES string of the molecule is CC[C@H](C(=O)NC(C)(C)C)N(CCc1ccccc1)C(=O)CN(c1ccc2c(c1)OCCO2)S(C)(=O)=O. The maximum Gasteiger partial charge on any atom is 0.244 e. The molecule has 1 aliphatic rings. The van der Waals surface area contributed by atoms with E-state index in [2.05, 4.69) is 5.32 Å². The van der Waals surface area contributed by atoms with E-state index in [1.54, 1.807) is 18.2 Å². The number of hydrogen-bond acceptors (Lipinski definition) is 6. The van der Waals surface area contributed by atoms with Crippen LogP contribution >= 0.6 is 0 Å². The molecular formula is C27H37N3O6S. The Morgan fingerprint density at radius 2 is 1.68 bits per heavy atom. The maximum absolute atomic E-state index is 13.7. The molecule has 1 heterocycles. The first kappa shape index (κ1) is 28.3. The molecule has 0 radical (unpaired) electrons. The molecule has 0 spiro atoms. The first-order valence-corrected chi connectivity index (χ1v) is 14.3. The lowest BCUT2D eigenvalue weighted by Gasteiger charge is -2.34. The van der Waals surface area contributed by atoms with E-state index >= 15 is 0 Å². The molecule has 0 bridgehead atoms. The van der Waals surface area contributed by atoms with Gasteiger partial charge in [-0.3, -0.25) is 13.9 Å². The van der Waals surface area contributed by atoms with Crippen molar-refractivity contribution in [3.63, 3.8) is 0 Å². The third-order valence-corrected chi connectivity index (χ3v) is 7.00. The normalized spacial score (nSPS) is 14.0. The molecule has 2 aromatic rings. The van der Waals surface area contributed by atoms with E-state index in [0.717, 1.165) is 16.1 Å². The first-order chi connectivity index (χ1) is 17.4. The van der Waals surface area contributed by atoms with Gasteiger partial charge in [-0.15, -0.1) is 0 Å². The molecule has 202 valence electrons. The third-order valence-electron chi connectivity index (χ3n) is 5.86. The molecular weight excluding hydrogens is 494 g/mol. The van der Waals surface area contributed by atoms with E-state index in [0.29, 0.717) is 37.6 Å². The number of hydrogen-bond donors (Lipinski definition) is 1. The van der Waals surface area contributed by atoms with Crippen LogP contribution in [-0.2, 0) is 26.0 Å². The van der Waals surface area contributed by atoms with E-state index in [9.17, 15) is 18.0 Å². The molecule has 3 rings (SSSR count). The summed E-state index contributed by atoms with van der Waals surface area (Å²) in [6.45, 7) is 8.03. The number of anilines is 1. The van der Waals surface area contributed by atoms with Crippen LogP contribution in [0.3, 0.4) is 0 Å². The minimum absolute atomic E-state index is 0.262. The number of amides is 2. The summed E-state index contributed by atoms with van der Waals surface area (Å²) < 4.78 is 37.8. The van der Waals surface area contributed by atoms with Gasteiger partial charge in [0, 0.05) is 18.2 Å². The maximum atomic E-state index is 13.7. The molecule has 0 saturated carbocycles. The fraction of sp³-hybridized carbons (Fsp3) is 0.481. The summed E-state index contributed by atoms with van der Waals surface area (Å²) in [6, 6.07) is 13.7. The van der Waals surface area contributed by atoms with Crippen LogP contribution in [0, 0.1) is 0 Å². The van der Waals surface area contributed by atoms with Gasteiger partial charge in [0.05, 0.1) is 11.9 Å². The number of carbonyl (C=O) groups excluding carboxylic acids is 2. The highest BCUT2D eigenvalue weighted by atomic mass is 32.2. The van der Waals surface area contributed by atoms with Gasteiger partial charge >= 0.3 is 0 Å². The number of nitrogens with zero attached hydrogens (tertiary/aromatic N) is 2. The van der Waals surface area contributed by atoms with E-state index < -0.39 is 34.1 Å². The number of ether oxygens (including phenoxy) is 2. The fourth-order valence-corrected chi connectivity index (χ4v) is 4.99. The van der Waals surface area contributed by atoms with Gasteiger partial charge in [-0.05, 0) is 51.3 Å². The summed E-state index contributed by atoms with van der Waals surface area (Å²) in [4.78, 5) is 28.4. The van der Waals surface area contributed by atoms with Crippen molar-refractivity contribution in [3.8, 4) is 11.5 Å². The Hall–Kier alpha value is -3.27. The second-order valence-electron chi connectivity index (χ2n) is 10.1. The van der Waals surface area contributed by atoms with E-state index in [-0.39, 0.29) is 18.1 Å². The predicted octanol–water partition coefficient (Wildman–Crippen LogP) is 2.99. The fourth-order valence-electron chi connectivity index (χ4n) is 4.15. The molecule has 1 atom stereocenters. The molecule has 9 nitrogen and oxygen atoms in total. The highest BCUT2D eigenvalue weighted by Gasteiger charge is 2.33. The van der Waals surface area contributed by atoms with Crippen molar-refractivity contribution in [2.75, 3.05) is 36.9 Å². The van der Waals surface area contributed by atoms with Crippen molar-refractivity contribution in [1.82, 2.24) is 10.2 Å². The smallest absolute Gasteiger partial charge is 0.244 e. The molecule has 0 fully saturated rings. The molecule has 0 unspecified atom stereocenters. The van der Waals surface area contributed by atoms with Crippen molar-refractivity contribution in [3.05, 3.63) is 54.1 Å². The average Bonchev–Trinajstić information content (AvgIpc) is 2.83. The number of rotatable bonds is 10. The quantitative estimate of drug-likeness (QED) is 0.505. The molecule has 10 heteroatoms. The Morgan fingerprint density at radius 1 is 1.03 bits per heavy atom. The molecule has 0 aliphatic carbocycles. The van der Waals surface area contributed by atoms with Crippen LogP contribution in [-0.4, -0.2) is 69.3 Å². The zero-order chi connectivity index (χ0) is 27.2. The number of nitrogens with one attached hydrogen (secondary N) is 1. The number of fused-ring (bicyclic) bond motifs is 1. The third kappa shape index (κ3) is 7.85. The van der Waals surface area contributed by atoms with Gasteiger partial charge in [-0.25, -0.2) is 8.42 Å². The number of sulfonamides is 1. The second-order valence-corrected chi connectivity index (χ2v) is 12.0. The Balaban J connectivity index is 1.91. The van der Waals surface area contributed by atoms with Gasteiger partial charge in [0.2, 0.25) is 21.8 Å². The first-order valence-electron chi connectivity index (χ1n) is 12.4. The Labute approximate surface area is 219 Å². The molecule has 1 N–H and O–H groups in total. The zero-order valence-electron chi connectivity index (χ0n) is 22.2. The van der Waals surface area contributed by atoms with Crippen LogP contribution in [0.5, 0.6) is 11.5 Å². The minimum atomic E-state index is -3.83. The van der Waals surface area contributed by atoms with Crippen LogP contribution in [0.15, 0.2) is 48.5 Å². The zero-order valence-corrected chi connectivity index (χ0v) is 23.0. The van der Waals surface area contributed by atoms with Crippen molar-refractivity contribution < 1.29 is 27.5 Å². The average molecular weight is 532 g/mol. The summed E-state index contributed by atoms with van der Waals surface area (Å²) in [5.74, 6) is 0.194. The topological polar surface area (TPSA) is 105 Å². The van der Waals surface area contributed by atoms with Gasteiger partial charge in [0.1, 0.15) is 25.8 Å². The molecule has 37 heavy (non-hydrogen) atoms. The Bertz CT molecular complexity index is 1190. The van der Waals surface area contributed by atoms with E-state index in [4.69, 9.17) is 9.47 Å². The second kappa shape index (κ2) is 11.9. The van der Waals surface area contributed by atoms with Crippen LogP contribution in [0.1, 0.15) is 39.7 Å². The van der Waals surface area contributed by atoms with Crippen LogP contribution in [0.25, 0.3) is 0 Å². The van der Waals surface area contributed by atoms with E-state index in [1.165, 1.54) is 4.90 Å². The van der Waals surface area contributed by atoms with Gasteiger partial charge in [-0.1, -0.05) is 37.3 Å². The summed E-state index contributed by atoms with van der Waals surface area (Å²) in [5, 5.41) is 2.96. The highest BCUT2D eigenvalue weighted by molar-refractivity contribution is 7.92. The monoisotopic (exact) mass is 531 g/mol. The Kier molecular flexibility index (Phi) is 9.07. The predicted molar refractivity (Wildman–Crippen MR) is 143 cm³/mol. The highest BCUT2D eigenvalue weighted by Crippen LogP contribution is 2.34. The lowest BCUT2D eigenvalue weighted by Crippen LogP contribution is -2.56. The van der Waals surface area contributed by atoms with Gasteiger partial charge < -0.3 is 19.7 Å². The van der Waals surface area contributed by atoms with Gasteiger partial charge in [0.25, 0.3) is 0 Å². The van der Waals surface area contributed by atoms with Crippen LogP contribution in [0.2, 0.25) is 0 Å². The molecule has 0 saturated heterocycles. The van der Waals surface area contributed by atoms with Crippen LogP contribution in [0.4, 0.5) is 5.69 Å². The molecule has 2 amide bonds. The standard InChI is InChI=1S/C27H37N3O6S/c1-6-22(26(32)28-27(2,3)4)29(15-14-20-10-8-7-9-11-20)25(31)19-30(37(5,33)34)21-12-13-23-24(18-21)36-17-16-35-23/h7-13,18,22H,6,14-17,19H2,1-5H3,(H,28,32)/t22-/m1/s1. The number of benzene rings is 2. The minimum Gasteiger partial charge on any atom is -0.486 e. The molecule has 0 aromatic heterocycles. The Morgan fingerprint density at radius 3 is 2.27 bits per heavy atom. The van der Waals surface area contributed by atoms with E-state index in [1.807, 2.05) is 58.0 Å². The van der Waals surface area contributed by atoms with Crippen LogP contribution < -0.4 is 19.1 Å².